The van der Waals surface area contributed by atoms with Crippen LogP contribution < -0.4 is 4.90 Å². The van der Waals surface area contributed by atoms with Crippen molar-refractivity contribution in [2.45, 2.75) is 0 Å². The number of anilines is 3. The molecule has 0 unspecified atom stereocenters. The molecule has 8 aromatic carbocycles. The number of halogens is 1. The van der Waals surface area contributed by atoms with Crippen LogP contribution >= 0.6 is 27.3 Å². The monoisotopic (exact) mass is 720 g/mol. The van der Waals surface area contributed by atoms with Gasteiger partial charge in [-0.2, -0.15) is 0 Å². The van der Waals surface area contributed by atoms with Gasteiger partial charge in [-0.15, -0.1) is 11.3 Å². The lowest BCUT2D eigenvalue weighted by molar-refractivity contribution is 1.18. The van der Waals surface area contributed by atoms with E-state index < -0.39 is 0 Å². The molecule has 2 aromatic heterocycles. The summed E-state index contributed by atoms with van der Waals surface area (Å²) in [6.45, 7) is 0. The Kier molecular flexibility index (Phi) is 6.86. The first-order valence-corrected chi connectivity index (χ1v) is 18.4. The smallest absolute Gasteiger partial charge is 0.0541 e. The van der Waals surface area contributed by atoms with Crippen LogP contribution in [0.1, 0.15) is 0 Å². The van der Waals surface area contributed by atoms with Crippen LogP contribution in [0.15, 0.2) is 180 Å². The third-order valence-electron chi connectivity index (χ3n) is 9.81. The molecule has 50 heavy (non-hydrogen) atoms. The topological polar surface area (TPSA) is 8.17 Å². The molecule has 236 valence electrons. The van der Waals surface area contributed by atoms with Crippen LogP contribution in [0.2, 0.25) is 0 Å². The summed E-state index contributed by atoms with van der Waals surface area (Å²) < 4.78 is 6.01. The SMILES string of the molecule is Brc1cc(-c2ccc(-n3c4ccccc4c4ccccc43)cc2)cc(N(c2ccc3sc4ccccc4c3c2)c2cccc3ccccc23)c1. The van der Waals surface area contributed by atoms with Gasteiger partial charge in [0.05, 0.1) is 16.7 Å². The average Bonchev–Trinajstić information content (AvgIpc) is 3.71. The highest BCUT2D eigenvalue weighted by Gasteiger charge is 2.19. The predicted molar refractivity (Wildman–Crippen MR) is 219 cm³/mol. The summed E-state index contributed by atoms with van der Waals surface area (Å²) >= 11 is 5.76. The molecule has 0 spiro atoms. The highest BCUT2D eigenvalue weighted by atomic mass is 79.9. The van der Waals surface area contributed by atoms with Crippen LogP contribution in [0.25, 0.3) is 69.6 Å². The van der Waals surface area contributed by atoms with Crippen molar-refractivity contribution in [1.82, 2.24) is 4.57 Å². The van der Waals surface area contributed by atoms with E-state index in [9.17, 15) is 0 Å². The Bertz CT molecular complexity index is 2840. The maximum atomic E-state index is 3.91. The first kappa shape index (κ1) is 29.3. The Hall–Kier alpha value is -5.68. The third kappa shape index (κ3) is 4.75. The average molecular weight is 722 g/mol. The van der Waals surface area contributed by atoms with Crippen LogP contribution in [-0.2, 0) is 0 Å². The van der Waals surface area contributed by atoms with Crippen LogP contribution in [0.3, 0.4) is 0 Å². The molecule has 0 amide bonds. The van der Waals surface area contributed by atoms with Gasteiger partial charge in [0.25, 0.3) is 0 Å². The second kappa shape index (κ2) is 11.7. The number of thiophene rings is 1. The van der Waals surface area contributed by atoms with Crippen LogP contribution in [0, 0.1) is 0 Å². The van der Waals surface area contributed by atoms with E-state index in [1.54, 1.807) is 0 Å². The van der Waals surface area contributed by atoms with E-state index >= 15 is 0 Å². The fraction of sp³-hybridized carbons (Fsp3) is 0. The van der Waals surface area contributed by atoms with Gasteiger partial charge in [0, 0.05) is 57.9 Å². The zero-order valence-corrected chi connectivity index (χ0v) is 29.3. The molecule has 0 bridgehead atoms. The van der Waals surface area contributed by atoms with E-state index in [1.807, 2.05) is 11.3 Å². The Morgan fingerprint density at radius 3 is 1.86 bits per heavy atom. The number of rotatable bonds is 5. The fourth-order valence-corrected chi connectivity index (χ4v) is 9.12. The molecule has 4 heteroatoms. The second-order valence-electron chi connectivity index (χ2n) is 12.7. The largest absolute Gasteiger partial charge is 0.310 e. The van der Waals surface area contributed by atoms with Gasteiger partial charge in [0.1, 0.15) is 0 Å². The molecule has 0 atom stereocenters. The van der Waals surface area contributed by atoms with E-state index in [0.717, 1.165) is 38.3 Å². The quantitative estimate of drug-likeness (QED) is 0.172. The molecule has 0 saturated heterocycles. The minimum Gasteiger partial charge on any atom is -0.310 e. The lowest BCUT2D eigenvalue weighted by atomic mass is 10.0. The summed E-state index contributed by atoms with van der Waals surface area (Å²) in [5.74, 6) is 0. The minimum atomic E-state index is 1.03. The molecule has 2 nitrogen and oxygen atoms in total. The van der Waals surface area contributed by atoms with Crippen LogP contribution in [0.4, 0.5) is 17.1 Å². The molecule has 10 aromatic rings. The van der Waals surface area contributed by atoms with Gasteiger partial charge < -0.3 is 9.47 Å². The summed E-state index contributed by atoms with van der Waals surface area (Å²) in [6.07, 6.45) is 0. The summed E-state index contributed by atoms with van der Waals surface area (Å²) in [7, 11) is 0. The van der Waals surface area contributed by atoms with E-state index in [4.69, 9.17) is 0 Å². The number of fused-ring (bicyclic) bond motifs is 7. The fourth-order valence-electron chi connectivity index (χ4n) is 7.56. The number of nitrogens with zero attached hydrogens (tertiary/aromatic N) is 2. The summed E-state index contributed by atoms with van der Waals surface area (Å²) in [6, 6.07) is 63.9. The lowest BCUT2D eigenvalue weighted by Crippen LogP contribution is -2.10. The first-order chi connectivity index (χ1) is 24.7. The predicted octanol–water partition coefficient (Wildman–Crippen LogP) is 14.2. The number of benzene rings is 8. The van der Waals surface area contributed by atoms with Crippen molar-refractivity contribution in [2.75, 3.05) is 4.90 Å². The molecular formula is C46H29BrN2S. The molecule has 2 heterocycles. The number of hydrogen-bond donors (Lipinski definition) is 0. The highest BCUT2D eigenvalue weighted by Crippen LogP contribution is 2.44. The highest BCUT2D eigenvalue weighted by molar-refractivity contribution is 9.10. The van der Waals surface area contributed by atoms with Crippen molar-refractivity contribution < 1.29 is 0 Å². The van der Waals surface area contributed by atoms with E-state index in [0.29, 0.717) is 0 Å². The van der Waals surface area contributed by atoms with Gasteiger partial charge in [-0.3, -0.25) is 0 Å². The Morgan fingerprint density at radius 2 is 1.08 bits per heavy atom. The zero-order valence-electron chi connectivity index (χ0n) is 26.9. The third-order valence-corrected chi connectivity index (χ3v) is 11.4. The van der Waals surface area contributed by atoms with Crippen molar-refractivity contribution in [1.29, 1.82) is 0 Å². The standard InChI is InChI=1S/C46H29BrN2S/c47-33-26-32(30-20-22-34(23-21-30)49-43-16-6-3-13-38(43)39-14-4-7-17-44(39)49)27-36(28-33)48(42-18-9-11-31-10-1-2-12-37(31)42)35-24-25-46-41(29-35)40-15-5-8-19-45(40)50-46/h1-29H. The van der Waals surface area contributed by atoms with E-state index in [1.165, 1.54) is 52.8 Å². The van der Waals surface area contributed by atoms with Gasteiger partial charge in [-0.25, -0.2) is 0 Å². The first-order valence-electron chi connectivity index (χ1n) is 16.8. The van der Waals surface area contributed by atoms with Crippen molar-refractivity contribution in [3.05, 3.63) is 180 Å². The van der Waals surface area contributed by atoms with Crippen molar-refractivity contribution >= 4 is 97.1 Å². The second-order valence-corrected chi connectivity index (χ2v) is 14.7. The molecule has 0 radical (unpaired) electrons. The zero-order chi connectivity index (χ0) is 33.2. The number of hydrogen-bond acceptors (Lipinski definition) is 2. The number of para-hydroxylation sites is 2. The van der Waals surface area contributed by atoms with E-state index in [2.05, 4.69) is 201 Å². The maximum Gasteiger partial charge on any atom is 0.0541 e. The molecule has 0 saturated carbocycles. The molecule has 0 aliphatic rings. The Morgan fingerprint density at radius 1 is 0.440 bits per heavy atom. The molecular weight excluding hydrogens is 692 g/mol. The van der Waals surface area contributed by atoms with Gasteiger partial charge in [0.15, 0.2) is 0 Å². The van der Waals surface area contributed by atoms with Crippen molar-refractivity contribution in [2.24, 2.45) is 0 Å². The van der Waals surface area contributed by atoms with Gasteiger partial charge in [-0.1, -0.05) is 119 Å². The molecule has 0 aliphatic heterocycles. The minimum absolute atomic E-state index is 1.03. The Labute approximate surface area is 302 Å². The normalized spacial score (nSPS) is 11.7. The molecule has 10 rings (SSSR count). The molecule has 0 aliphatic carbocycles. The number of aromatic nitrogens is 1. The van der Waals surface area contributed by atoms with Crippen molar-refractivity contribution in [3.63, 3.8) is 0 Å². The summed E-state index contributed by atoms with van der Waals surface area (Å²) in [5, 5.41) is 7.54. The van der Waals surface area contributed by atoms with Gasteiger partial charge >= 0.3 is 0 Å². The van der Waals surface area contributed by atoms with Gasteiger partial charge in [-0.05, 0) is 89.3 Å². The molecule has 0 fully saturated rings. The Balaban J connectivity index is 1.13. The van der Waals surface area contributed by atoms with Crippen LogP contribution in [0.5, 0.6) is 0 Å². The summed E-state index contributed by atoms with van der Waals surface area (Å²) in [5.41, 5.74) is 9.26. The van der Waals surface area contributed by atoms with E-state index in [-0.39, 0.29) is 0 Å². The lowest BCUT2D eigenvalue weighted by Gasteiger charge is -2.28. The van der Waals surface area contributed by atoms with Crippen LogP contribution in [-0.4, -0.2) is 4.57 Å². The van der Waals surface area contributed by atoms with Crippen molar-refractivity contribution in [3.8, 4) is 16.8 Å². The molecule has 0 N–H and O–H groups in total. The maximum absolute atomic E-state index is 3.91. The van der Waals surface area contributed by atoms with Gasteiger partial charge in [0.2, 0.25) is 0 Å². The summed E-state index contributed by atoms with van der Waals surface area (Å²) in [4.78, 5) is 2.41.